The minimum absolute atomic E-state index is 0.0442. The molecule has 0 aliphatic heterocycles. The van der Waals surface area contributed by atoms with E-state index in [0.29, 0.717) is 13.1 Å². The van der Waals surface area contributed by atoms with Crippen LogP contribution in [0.1, 0.15) is 32.1 Å². The summed E-state index contributed by atoms with van der Waals surface area (Å²) < 4.78 is 5.83. The summed E-state index contributed by atoms with van der Waals surface area (Å²) in [5.41, 5.74) is 1.74. The molecule has 25 heavy (non-hydrogen) atoms. The number of carbonyl (C=O) groups is 2. The van der Waals surface area contributed by atoms with Crippen molar-refractivity contribution in [1.82, 2.24) is 9.80 Å². The number of para-hydroxylation sites is 1. The summed E-state index contributed by atoms with van der Waals surface area (Å²) >= 11 is 0. The van der Waals surface area contributed by atoms with Gasteiger partial charge in [-0.2, -0.15) is 0 Å². The first-order valence-electron chi connectivity index (χ1n) is 8.73. The monoisotopic (exact) mass is 342 g/mol. The van der Waals surface area contributed by atoms with Gasteiger partial charge in [0.2, 0.25) is 11.8 Å². The molecule has 0 N–H and O–H groups in total. The van der Waals surface area contributed by atoms with Crippen LogP contribution in [-0.4, -0.2) is 48.3 Å². The lowest BCUT2D eigenvalue weighted by Crippen LogP contribution is -2.40. The van der Waals surface area contributed by atoms with Crippen molar-refractivity contribution in [2.24, 2.45) is 0 Å². The number of fused-ring (bicyclic) bond motifs is 1. The second-order valence-electron chi connectivity index (χ2n) is 5.88. The Morgan fingerprint density at radius 2 is 1.80 bits per heavy atom. The van der Waals surface area contributed by atoms with E-state index in [2.05, 4.69) is 0 Å². The molecular weight excluding hydrogens is 316 g/mol. The zero-order chi connectivity index (χ0) is 18.4. The lowest BCUT2D eigenvalue weighted by Gasteiger charge is -2.22. The Balaban J connectivity index is 2.13. The number of carbonyl (C=O) groups excluding carboxylic acids is 2. The average Bonchev–Trinajstić information content (AvgIpc) is 2.98. The molecule has 0 bridgehead atoms. The first kappa shape index (κ1) is 18.8. The fourth-order valence-electron chi connectivity index (χ4n) is 2.80. The lowest BCUT2D eigenvalue weighted by atomic mass is 10.1. The molecule has 0 aliphatic rings. The number of benzene rings is 1. The van der Waals surface area contributed by atoms with Gasteiger partial charge >= 0.3 is 0 Å². The van der Waals surface area contributed by atoms with Crippen LogP contribution >= 0.6 is 0 Å². The molecule has 0 aliphatic carbocycles. The minimum atomic E-state index is -0.201. The highest BCUT2D eigenvalue weighted by molar-refractivity contribution is 5.97. The van der Waals surface area contributed by atoms with Gasteiger partial charge in [0.1, 0.15) is 11.3 Å². The van der Waals surface area contributed by atoms with Crippen molar-refractivity contribution >= 4 is 28.9 Å². The molecule has 0 atom stereocenters. The second kappa shape index (κ2) is 8.51. The van der Waals surface area contributed by atoms with Crippen molar-refractivity contribution in [2.75, 3.05) is 26.7 Å². The second-order valence-corrected chi connectivity index (χ2v) is 5.88. The number of aryl methyl sites for hydroxylation is 1. The predicted molar refractivity (Wildman–Crippen MR) is 100 cm³/mol. The number of nitrogens with zero attached hydrogens (tertiary/aromatic N) is 2. The van der Waals surface area contributed by atoms with E-state index >= 15 is 0 Å². The first-order chi connectivity index (χ1) is 12.0. The van der Waals surface area contributed by atoms with E-state index in [-0.39, 0.29) is 18.4 Å². The van der Waals surface area contributed by atoms with Crippen LogP contribution < -0.4 is 0 Å². The van der Waals surface area contributed by atoms with Gasteiger partial charge in [0.15, 0.2) is 0 Å². The van der Waals surface area contributed by atoms with Gasteiger partial charge in [0.05, 0.1) is 6.54 Å². The van der Waals surface area contributed by atoms with Gasteiger partial charge < -0.3 is 14.2 Å². The number of amides is 2. The van der Waals surface area contributed by atoms with Crippen molar-refractivity contribution < 1.29 is 14.0 Å². The summed E-state index contributed by atoms with van der Waals surface area (Å²) in [5.74, 6) is 0.609. The third-order valence-electron chi connectivity index (χ3n) is 4.29. The number of hydrogen-bond acceptors (Lipinski definition) is 3. The van der Waals surface area contributed by atoms with E-state index in [9.17, 15) is 9.59 Å². The van der Waals surface area contributed by atoms with Crippen LogP contribution in [0.2, 0.25) is 0 Å². The number of rotatable bonds is 7. The van der Waals surface area contributed by atoms with E-state index in [1.54, 1.807) is 18.0 Å². The highest BCUT2D eigenvalue weighted by Crippen LogP contribution is 2.27. The molecule has 1 aromatic carbocycles. The Morgan fingerprint density at radius 1 is 1.12 bits per heavy atom. The van der Waals surface area contributed by atoms with E-state index < -0.39 is 0 Å². The van der Waals surface area contributed by atoms with Crippen LogP contribution in [0.3, 0.4) is 0 Å². The highest BCUT2D eigenvalue weighted by Gasteiger charge is 2.15. The van der Waals surface area contributed by atoms with Crippen molar-refractivity contribution in [3.8, 4) is 0 Å². The molecule has 0 spiro atoms. The Morgan fingerprint density at radius 3 is 2.44 bits per heavy atom. The maximum absolute atomic E-state index is 12.3. The van der Waals surface area contributed by atoms with Crippen LogP contribution in [-0.2, 0) is 16.0 Å². The fraction of sp³-hybridized carbons (Fsp3) is 0.400. The Bertz CT molecular complexity index is 772. The standard InChI is InChI=1S/C20H26N2O3/c1-5-17-16(15-10-8-9-11-18(15)25-17)12-13-19(23)21(4)14-20(24)22(6-2)7-3/h8-13H,5-7,14H2,1-4H3/b13-12+. The summed E-state index contributed by atoms with van der Waals surface area (Å²) in [6.45, 7) is 7.25. The molecule has 0 radical (unpaired) electrons. The van der Waals surface area contributed by atoms with Crippen molar-refractivity contribution in [3.05, 3.63) is 41.7 Å². The number of hydrogen-bond donors (Lipinski definition) is 0. The van der Waals surface area contributed by atoms with E-state index in [1.807, 2.05) is 45.0 Å². The molecule has 2 amide bonds. The minimum Gasteiger partial charge on any atom is -0.460 e. The molecule has 0 unspecified atom stereocenters. The quantitative estimate of drug-likeness (QED) is 0.725. The summed E-state index contributed by atoms with van der Waals surface area (Å²) in [7, 11) is 1.64. The third kappa shape index (κ3) is 4.29. The normalized spacial score (nSPS) is 11.2. The summed E-state index contributed by atoms with van der Waals surface area (Å²) in [6, 6.07) is 7.78. The molecular formula is C20H26N2O3. The lowest BCUT2D eigenvalue weighted by molar-refractivity contribution is -0.136. The van der Waals surface area contributed by atoms with Gasteiger partial charge in [-0.3, -0.25) is 9.59 Å². The Labute approximate surface area is 148 Å². The van der Waals surface area contributed by atoms with Crippen LogP contribution in [0.4, 0.5) is 0 Å². The maximum atomic E-state index is 12.3. The molecule has 0 saturated carbocycles. The van der Waals surface area contributed by atoms with Crippen LogP contribution in [0.5, 0.6) is 0 Å². The number of furan rings is 1. The summed E-state index contributed by atoms with van der Waals surface area (Å²) in [6.07, 6.45) is 4.04. The van der Waals surface area contributed by atoms with Crippen LogP contribution in [0.15, 0.2) is 34.8 Å². The largest absolute Gasteiger partial charge is 0.460 e. The Hall–Kier alpha value is -2.56. The molecule has 2 rings (SSSR count). The maximum Gasteiger partial charge on any atom is 0.246 e. The van der Waals surface area contributed by atoms with Gasteiger partial charge in [-0.05, 0) is 26.0 Å². The zero-order valence-corrected chi connectivity index (χ0v) is 15.4. The topological polar surface area (TPSA) is 53.8 Å². The van der Waals surface area contributed by atoms with Crippen molar-refractivity contribution in [1.29, 1.82) is 0 Å². The van der Waals surface area contributed by atoms with Crippen LogP contribution in [0, 0.1) is 0 Å². The fourth-order valence-corrected chi connectivity index (χ4v) is 2.80. The summed E-state index contributed by atoms with van der Waals surface area (Å²) in [4.78, 5) is 27.6. The predicted octanol–water partition coefficient (Wildman–Crippen LogP) is 3.34. The summed E-state index contributed by atoms with van der Waals surface area (Å²) in [5, 5.41) is 0.991. The number of likely N-dealkylation sites (N-methyl/N-ethyl adjacent to an activating group) is 2. The SMILES string of the molecule is CCc1oc2ccccc2c1/C=C/C(=O)N(C)CC(=O)N(CC)CC. The molecule has 5 nitrogen and oxygen atoms in total. The smallest absolute Gasteiger partial charge is 0.246 e. The van der Waals surface area contributed by atoms with E-state index in [4.69, 9.17) is 4.42 Å². The molecule has 1 aromatic heterocycles. The molecule has 134 valence electrons. The van der Waals surface area contributed by atoms with Gasteiger partial charge in [-0.25, -0.2) is 0 Å². The van der Waals surface area contributed by atoms with Crippen molar-refractivity contribution in [2.45, 2.75) is 27.2 Å². The molecule has 5 heteroatoms. The van der Waals surface area contributed by atoms with E-state index in [1.165, 1.54) is 11.0 Å². The first-order valence-corrected chi connectivity index (χ1v) is 8.73. The molecule has 1 heterocycles. The van der Waals surface area contributed by atoms with Gasteiger partial charge in [0.25, 0.3) is 0 Å². The van der Waals surface area contributed by atoms with Crippen LogP contribution in [0.25, 0.3) is 17.0 Å². The highest BCUT2D eigenvalue weighted by atomic mass is 16.3. The van der Waals surface area contributed by atoms with Gasteiger partial charge in [0, 0.05) is 43.6 Å². The molecule has 0 fully saturated rings. The third-order valence-corrected chi connectivity index (χ3v) is 4.29. The zero-order valence-electron chi connectivity index (χ0n) is 15.4. The Kier molecular flexibility index (Phi) is 6.39. The van der Waals surface area contributed by atoms with Crippen molar-refractivity contribution in [3.63, 3.8) is 0 Å². The average molecular weight is 342 g/mol. The molecule has 2 aromatic rings. The van der Waals surface area contributed by atoms with Gasteiger partial charge in [-0.15, -0.1) is 0 Å². The van der Waals surface area contributed by atoms with Gasteiger partial charge in [-0.1, -0.05) is 25.1 Å². The molecule has 0 saturated heterocycles. The van der Waals surface area contributed by atoms with E-state index in [0.717, 1.165) is 28.7 Å².